The highest BCUT2D eigenvalue weighted by molar-refractivity contribution is 5.87. The third kappa shape index (κ3) is 4.03. The van der Waals surface area contributed by atoms with Gasteiger partial charge in [-0.15, -0.1) is 0 Å². The molecule has 0 aliphatic heterocycles. The van der Waals surface area contributed by atoms with E-state index in [0.717, 1.165) is 22.2 Å². The number of aromatic nitrogens is 2. The molecule has 5 heteroatoms. The first-order valence-corrected chi connectivity index (χ1v) is 10.1. The molecule has 5 rings (SSSR count). The fourth-order valence-electron chi connectivity index (χ4n) is 3.72. The van der Waals surface area contributed by atoms with E-state index in [1.165, 1.54) is 0 Å². The lowest BCUT2D eigenvalue weighted by atomic mass is 10.0. The minimum Gasteiger partial charge on any atom is -0.463 e. The number of carbonyl (C=O) groups is 1. The highest BCUT2D eigenvalue weighted by Crippen LogP contribution is 2.31. The Kier molecular flexibility index (Phi) is 4.92. The fraction of sp³-hybridized carbons (Fsp3) is 0.115. The van der Waals surface area contributed by atoms with Crippen molar-refractivity contribution in [3.8, 4) is 22.9 Å². The second kappa shape index (κ2) is 8.03. The van der Waals surface area contributed by atoms with Crippen molar-refractivity contribution in [2.75, 3.05) is 0 Å². The van der Waals surface area contributed by atoms with E-state index >= 15 is 0 Å². The quantitative estimate of drug-likeness (QED) is 0.354. The molecule has 0 amide bonds. The molecule has 5 aromatic rings. The third-order valence-corrected chi connectivity index (χ3v) is 5.12. The van der Waals surface area contributed by atoms with Crippen LogP contribution < -0.4 is 0 Å². The number of fused-ring (bicyclic) bond motifs is 1. The van der Waals surface area contributed by atoms with Crippen molar-refractivity contribution in [1.29, 1.82) is 0 Å². The molecule has 0 radical (unpaired) electrons. The highest BCUT2D eigenvalue weighted by atomic mass is 16.3. The van der Waals surface area contributed by atoms with E-state index in [0.29, 0.717) is 41.3 Å². The first-order chi connectivity index (χ1) is 15.2. The molecule has 3 heterocycles. The maximum atomic E-state index is 12.6. The number of hydrogen-bond donors (Lipinski definition) is 0. The summed E-state index contributed by atoms with van der Waals surface area (Å²) < 4.78 is 11.1. The minimum absolute atomic E-state index is 0.163. The lowest BCUT2D eigenvalue weighted by Crippen LogP contribution is -2.07. The summed E-state index contributed by atoms with van der Waals surface area (Å²) in [6.07, 6.45) is 3.98. The van der Waals surface area contributed by atoms with Crippen LogP contribution in [-0.2, 0) is 17.6 Å². The molecule has 31 heavy (non-hydrogen) atoms. The number of hydrogen-bond acceptors (Lipinski definition) is 5. The largest absolute Gasteiger partial charge is 0.463 e. The maximum absolute atomic E-state index is 12.6. The molecule has 3 aromatic heterocycles. The molecule has 2 aromatic carbocycles. The molecule has 5 nitrogen and oxygen atoms in total. The SMILES string of the molecule is Cc1cccc(CC(=O)Cc2ccc3nc(-c4ccco4)c(-c4ccco4)nc3c2)c1. The number of benzene rings is 2. The van der Waals surface area contributed by atoms with E-state index in [1.807, 2.05) is 67.6 Å². The topological polar surface area (TPSA) is 69.1 Å². The Morgan fingerprint density at radius 1 is 0.742 bits per heavy atom. The molecule has 0 aliphatic rings. The summed E-state index contributed by atoms with van der Waals surface area (Å²) in [6.45, 7) is 2.03. The van der Waals surface area contributed by atoms with Gasteiger partial charge in [-0.05, 0) is 54.4 Å². The molecule has 0 aliphatic carbocycles. The fourth-order valence-corrected chi connectivity index (χ4v) is 3.72. The summed E-state index contributed by atoms with van der Waals surface area (Å²) in [5.74, 6) is 1.40. The standard InChI is InChI=1S/C26H20N2O3/c1-17-5-2-6-18(13-17)14-20(29)15-19-9-10-21-22(16-19)28-26(24-8-4-12-31-24)25(27-21)23-7-3-11-30-23/h2-13,16H,14-15H2,1H3. The van der Waals surface area contributed by atoms with Gasteiger partial charge in [-0.2, -0.15) is 0 Å². The van der Waals surface area contributed by atoms with Gasteiger partial charge in [0.15, 0.2) is 11.5 Å². The van der Waals surface area contributed by atoms with Crippen molar-refractivity contribution in [2.24, 2.45) is 0 Å². The lowest BCUT2D eigenvalue weighted by Gasteiger charge is -2.08. The molecule has 0 atom stereocenters. The Morgan fingerprint density at radius 2 is 1.39 bits per heavy atom. The van der Waals surface area contributed by atoms with Gasteiger partial charge in [0.25, 0.3) is 0 Å². The Balaban J connectivity index is 1.48. The van der Waals surface area contributed by atoms with Gasteiger partial charge in [0, 0.05) is 12.8 Å². The zero-order valence-corrected chi connectivity index (χ0v) is 17.0. The van der Waals surface area contributed by atoms with E-state index in [1.54, 1.807) is 12.5 Å². The Labute approximate surface area is 179 Å². The number of rotatable bonds is 6. The molecule has 0 N–H and O–H groups in total. The first kappa shape index (κ1) is 19.0. The first-order valence-electron chi connectivity index (χ1n) is 10.1. The van der Waals surface area contributed by atoms with Crippen LogP contribution in [0.5, 0.6) is 0 Å². The summed E-state index contributed by atoms with van der Waals surface area (Å²) in [5.41, 5.74) is 5.78. The van der Waals surface area contributed by atoms with Crippen molar-refractivity contribution >= 4 is 16.8 Å². The number of Topliss-reactive ketones (excluding diaryl/α,β-unsaturated/α-hetero) is 1. The normalized spacial score (nSPS) is 11.1. The van der Waals surface area contributed by atoms with Gasteiger partial charge in [-0.3, -0.25) is 4.79 Å². The molecular weight excluding hydrogens is 388 g/mol. The zero-order chi connectivity index (χ0) is 21.2. The number of ketones is 1. The number of aryl methyl sites for hydroxylation is 1. The summed E-state index contributed by atoms with van der Waals surface area (Å²) in [6, 6.07) is 21.1. The van der Waals surface area contributed by atoms with Crippen LogP contribution >= 0.6 is 0 Å². The van der Waals surface area contributed by atoms with Crippen LogP contribution in [0.4, 0.5) is 0 Å². The predicted octanol–water partition coefficient (Wildman–Crippen LogP) is 5.81. The zero-order valence-electron chi connectivity index (χ0n) is 17.0. The van der Waals surface area contributed by atoms with Crippen molar-refractivity contribution < 1.29 is 13.6 Å². The van der Waals surface area contributed by atoms with Gasteiger partial charge in [0.2, 0.25) is 0 Å². The predicted molar refractivity (Wildman–Crippen MR) is 119 cm³/mol. The highest BCUT2D eigenvalue weighted by Gasteiger charge is 2.17. The van der Waals surface area contributed by atoms with Crippen molar-refractivity contribution in [2.45, 2.75) is 19.8 Å². The van der Waals surface area contributed by atoms with Gasteiger partial charge in [0.05, 0.1) is 23.6 Å². The minimum atomic E-state index is 0.163. The average Bonchev–Trinajstić information content (AvgIpc) is 3.47. The Morgan fingerprint density at radius 3 is 2.00 bits per heavy atom. The second-order valence-corrected chi connectivity index (χ2v) is 7.58. The van der Waals surface area contributed by atoms with Crippen molar-refractivity contribution in [3.05, 3.63) is 95.9 Å². The molecule has 0 bridgehead atoms. The molecule has 0 saturated carbocycles. The van der Waals surface area contributed by atoms with Crippen LogP contribution in [-0.4, -0.2) is 15.8 Å². The van der Waals surface area contributed by atoms with Crippen LogP contribution in [0.3, 0.4) is 0 Å². The molecule has 152 valence electrons. The number of nitrogens with zero attached hydrogens (tertiary/aromatic N) is 2. The van der Waals surface area contributed by atoms with Crippen molar-refractivity contribution in [3.63, 3.8) is 0 Å². The van der Waals surface area contributed by atoms with E-state index < -0.39 is 0 Å². The lowest BCUT2D eigenvalue weighted by molar-refractivity contribution is -0.117. The monoisotopic (exact) mass is 408 g/mol. The molecule has 0 saturated heterocycles. The summed E-state index contributed by atoms with van der Waals surface area (Å²) in [4.78, 5) is 22.2. The molecule has 0 spiro atoms. The molecule has 0 unspecified atom stereocenters. The second-order valence-electron chi connectivity index (χ2n) is 7.58. The Hall–Kier alpha value is -3.99. The van der Waals surface area contributed by atoms with Crippen LogP contribution in [0, 0.1) is 6.92 Å². The van der Waals surface area contributed by atoms with Gasteiger partial charge in [0.1, 0.15) is 17.2 Å². The number of furan rings is 2. The molecular formula is C26H20N2O3. The molecule has 0 fully saturated rings. The van der Waals surface area contributed by atoms with E-state index in [-0.39, 0.29) is 5.78 Å². The smallest absolute Gasteiger partial charge is 0.154 e. The van der Waals surface area contributed by atoms with Gasteiger partial charge in [-0.1, -0.05) is 35.9 Å². The van der Waals surface area contributed by atoms with Crippen LogP contribution in [0.15, 0.2) is 88.1 Å². The average molecular weight is 408 g/mol. The number of carbonyl (C=O) groups excluding carboxylic acids is 1. The summed E-state index contributed by atoms with van der Waals surface area (Å²) in [7, 11) is 0. The van der Waals surface area contributed by atoms with Crippen LogP contribution in [0.25, 0.3) is 33.9 Å². The maximum Gasteiger partial charge on any atom is 0.154 e. The third-order valence-electron chi connectivity index (χ3n) is 5.12. The Bertz CT molecular complexity index is 1350. The van der Waals surface area contributed by atoms with E-state index in [2.05, 4.69) is 6.07 Å². The van der Waals surface area contributed by atoms with Crippen LogP contribution in [0.2, 0.25) is 0 Å². The summed E-state index contributed by atoms with van der Waals surface area (Å²) >= 11 is 0. The van der Waals surface area contributed by atoms with Crippen molar-refractivity contribution in [1.82, 2.24) is 9.97 Å². The van der Waals surface area contributed by atoms with Gasteiger partial charge < -0.3 is 8.83 Å². The van der Waals surface area contributed by atoms with Gasteiger partial charge >= 0.3 is 0 Å². The summed E-state index contributed by atoms with van der Waals surface area (Å²) in [5, 5.41) is 0. The van der Waals surface area contributed by atoms with E-state index in [9.17, 15) is 4.79 Å². The van der Waals surface area contributed by atoms with E-state index in [4.69, 9.17) is 18.8 Å². The van der Waals surface area contributed by atoms with Gasteiger partial charge in [-0.25, -0.2) is 9.97 Å². The van der Waals surface area contributed by atoms with Crippen LogP contribution in [0.1, 0.15) is 16.7 Å².